The summed E-state index contributed by atoms with van der Waals surface area (Å²) >= 11 is 0. The topological polar surface area (TPSA) is 73.9 Å². The average molecular weight is 491 g/mol. The lowest BCUT2D eigenvalue weighted by atomic mass is 9.98. The maximum Gasteiger partial charge on any atom is 0.573 e. The molecule has 1 fully saturated rings. The second kappa shape index (κ2) is 10.6. The number of halogens is 3. The van der Waals surface area contributed by atoms with Crippen molar-refractivity contribution in [2.24, 2.45) is 0 Å². The van der Waals surface area contributed by atoms with Gasteiger partial charge in [0.1, 0.15) is 5.75 Å². The van der Waals surface area contributed by atoms with Gasteiger partial charge in [0.15, 0.2) is 0 Å². The number of hydrogen-bond donors (Lipinski definition) is 2. The smallest absolute Gasteiger partial charge is 0.406 e. The van der Waals surface area contributed by atoms with E-state index >= 15 is 0 Å². The monoisotopic (exact) mass is 490 g/mol. The first-order chi connectivity index (χ1) is 16.7. The fraction of sp³-hybridized carbons (Fsp3) is 0.440. The van der Waals surface area contributed by atoms with Crippen LogP contribution in [0.25, 0.3) is 0 Å². The highest BCUT2D eigenvalue weighted by atomic mass is 19.4. The number of amides is 2. The molecule has 2 aromatic rings. The number of likely N-dealkylation sites (N-methyl/N-ethyl adjacent to an activating group) is 1. The SMILES string of the molecule is CN1CCc2cc([C@@H](CNC(=O)C(=O)Nc3ccc(OC(F)(F)F)cc3)N3CCCCC3)ccc21. The summed E-state index contributed by atoms with van der Waals surface area (Å²) in [5.74, 6) is -2.10. The van der Waals surface area contributed by atoms with Crippen LogP contribution in [0.3, 0.4) is 0 Å². The van der Waals surface area contributed by atoms with Gasteiger partial charge in [-0.3, -0.25) is 14.5 Å². The van der Waals surface area contributed by atoms with Gasteiger partial charge >= 0.3 is 18.2 Å². The second-order valence-corrected chi connectivity index (χ2v) is 8.91. The number of benzene rings is 2. The molecule has 7 nitrogen and oxygen atoms in total. The molecule has 0 bridgehead atoms. The van der Waals surface area contributed by atoms with Crippen LogP contribution in [-0.4, -0.2) is 56.3 Å². The van der Waals surface area contributed by atoms with Gasteiger partial charge in [-0.15, -0.1) is 13.2 Å². The molecule has 0 aromatic heterocycles. The van der Waals surface area contributed by atoms with Gasteiger partial charge in [-0.25, -0.2) is 0 Å². The molecule has 0 unspecified atom stereocenters. The van der Waals surface area contributed by atoms with Gasteiger partial charge in [0.25, 0.3) is 0 Å². The predicted molar refractivity (Wildman–Crippen MR) is 126 cm³/mol. The van der Waals surface area contributed by atoms with Crippen LogP contribution in [0.15, 0.2) is 42.5 Å². The van der Waals surface area contributed by atoms with Gasteiger partial charge < -0.3 is 20.3 Å². The number of alkyl halides is 3. The zero-order valence-corrected chi connectivity index (χ0v) is 19.5. The van der Waals surface area contributed by atoms with Crippen LogP contribution in [0, 0.1) is 0 Å². The zero-order valence-electron chi connectivity index (χ0n) is 19.5. The van der Waals surface area contributed by atoms with Crippen molar-refractivity contribution in [1.82, 2.24) is 10.2 Å². The van der Waals surface area contributed by atoms with E-state index in [-0.39, 0.29) is 18.3 Å². The second-order valence-electron chi connectivity index (χ2n) is 8.91. The molecule has 2 amide bonds. The number of piperidine rings is 1. The lowest BCUT2D eigenvalue weighted by Crippen LogP contribution is -2.43. The molecule has 4 rings (SSSR count). The van der Waals surface area contributed by atoms with Crippen molar-refractivity contribution in [3.8, 4) is 5.75 Å². The molecule has 2 aromatic carbocycles. The van der Waals surface area contributed by atoms with Gasteiger partial charge in [0, 0.05) is 31.5 Å². The molecule has 2 N–H and O–H groups in total. The van der Waals surface area contributed by atoms with E-state index in [0.717, 1.165) is 56.6 Å². The summed E-state index contributed by atoms with van der Waals surface area (Å²) in [5.41, 5.74) is 3.81. The largest absolute Gasteiger partial charge is 0.573 e. The van der Waals surface area contributed by atoms with E-state index in [1.54, 1.807) is 0 Å². The molecule has 0 radical (unpaired) electrons. The number of carbonyl (C=O) groups excluding carboxylic acids is 2. The van der Waals surface area contributed by atoms with Crippen molar-refractivity contribution in [2.45, 2.75) is 38.1 Å². The van der Waals surface area contributed by atoms with Gasteiger partial charge in [0.2, 0.25) is 0 Å². The third-order valence-electron chi connectivity index (χ3n) is 6.46. The molecule has 0 saturated carbocycles. The molecule has 2 heterocycles. The fourth-order valence-corrected chi connectivity index (χ4v) is 4.68. The Morgan fingerprint density at radius 3 is 2.40 bits per heavy atom. The molecule has 1 atom stereocenters. The van der Waals surface area contributed by atoms with E-state index in [1.165, 1.54) is 29.8 Å². The Balaban J connectivity index is 1.39. The normalized spacial score (nSPS) is 17.0. The number of nitrogens with zero attached hydrogens (tertiary/aromatic N) is 2. The lowest BCUT2D eigenvalue weighted by Gasteiger charge is -2.35. The van der Waals surface area contributed by atoms with Crippen LogP contribution in [0.5, 0.6) is 5.75 Å². The maximum absolute atomic E-state index is 12.5. The molecule has 10 heteroatoms. The number of likely N-dealkylation sites (tertiary alicyclic amines) is 1. The van der Waals surface area contributed by atoms with Crippen LogP contribution in [-0.2, 0) is 16.0 Å². The van der Waals surface area contributed by atoms with Crippen LogP contribution < -0.4 is 20.3 Å². The molecule has 1 saturated heterocycles. The predicted octanol–water partition coefficient (Wildman–Crippen LogP) is 3.86. The first kappa shape index (κ1) is 24.8. The first-order valence-corrected chi connectivity index (χ1v) is 11.7. The fourth-order valence-electron chi connectivity index (χ4n) is 4.68. The average Bonchev–Trinajstić information content (AvgIpc) is 3.20. The number of fused-ring (bicyclic) bond motifs is 1. The molecule has 0 spiro atoms. The highest BCUT2D eigenvalue weighted by Gasteiger charge is 2.31. The maximum atomic E-state index is 12.5. The van der Waals surface area contributed by atoms with E-state index in [4.69, 9.17) is 0 Å². The number of hydrogen-bond acceptors (Lipinski definition) is 5. The minimum atomic E-state index is -4.80. The molecule has 2 aliphatic rings. The van der Waals surface area contributed by atoms with Gasteiger partial charge in [-0.2, -0.15) is 0 Å². The van der Waals surface area contributed by atoms with E-state index in [1.807, 2.05) is 0 Å². The van der Waals surface area contributed by atoms with E-state index in [2.05, 4.69) is 50.4 Å². The van der Waals surface area contributed by atoms with E-state index < -0.39 is 23.9 Å². The summed E-state index contributed by atoms with van der Waals surface area (Å²) in [4.78, 5) is 29.5. The standard InChI is InChI=1S/C25H29F3N4O3/c1-31-14-11-18-15-17(5-10-21(18)31)22(32-12-3-2-4-13-32)16-29-23(33)24(34)30-19-6-8-20(9-7-19)35-25(26,27)28/h5-10,15,22H,2-4,11-14,16H2,1H3,(H,29,33)(H,30,34)/t22-/m1/s1. The Morgan fingerprint density at radius 2 is 1.71 bits per heavy atom. The zero-order chi connectivity index (χ0) is 25.0. The van der Waals surface area contributed by atoms with E-state index in [0.29, 0.717) is 0 Å². The van der Waals surface area contributed by atoms with E-state index in [9.17, 15) is 22.8 Å². The van der Waals surface area contributed by atoms with Crippen molar-refractivity contribution in [3.63, 3.8) is 0 Å². The third-order valence-corrected chi connectivity index (χ3v) is 6.46. The minimum Gasteiger partial charge on any atom is -0.406 e. The Labute approximate surface area is 202 Å². The van der Waals surface area contributed by atoms with Crippen LogP contribution in [0.2, 0.25) is 0 Å². The Kier molecular flexibility index (Phi) is 7.49. The number of carbonyl (C=O) groups is 2. The third kappa shape index (κ3) is 6.45. The van der Waals surface area contributed by atoms with Gasteiger partial charge in [-0.05, 0) is 73.8 Å². The van der Waals surface area contributed by atoms with Crippen LogP contribution in [0.1, 0.15) is 36.4 Å². The van der Waals surface area contributed by atoms with Crippen molar-refractivity contribution < 1.29 is 27.5 Å². The summed E-state index contributed by atoms with van der Waals surface area (Å²) in [6, 6.07) is 11.0. The van der Waals surface area contributed by atoms with Crippen molar-refractivity contribution in [2.75, 3.05) is 43.4 Å². The number of nitrogens with one attached hydrogen (secondary N) is 2. The lowest BCUT2D eigenvalue weighted by molar-refractivity contribution is -0.274. The summed E-state index contributed by atoms with van der Waals surface area (Å²) in [7, 11) is 2.07. The Hall–Kier alpha value is -3.27. The Morgan fingerprint density at radius 1 is 1.00 bits per heavy atom. The summed E-state index contributed by atoms with van der Waals surface area (Å²) < 4.78 is 40.7. The molecular weight excluding hydrogens is 461 g/mol. The molecule has 2 aliphatic heterocycles. The molecule has 188 valence electrons. The highest BCUT2D eigenvalue weighted by molar-refractivity contribution is 6.39. The number of anilines is 2. The van der Waals surface area contributed by atoms with Gasteiger partial charge in [-0.1, -0.05) is 18.6 Å². The molecule has 35 heavy (non-hydrogen) atoms. The minimum absolute atomic E-state index is 0.0537. The summed E-state index contributed by atoms with van der Waals surface area (Å²) in [5, 5.41) is 5.15. The molecule has 0 aliphatic carbocycles. The van der Waals surface area contributed by atoms with Crippen LogP contribution in [0.4, 0.5) is 24.5 Å². The van der Waals surface area contributed by atoms with Crippen molar-refractivity contribution in [3.05, 3.63) is 53.6 Å². The highest BCUT2D eigenvalue weighted by Crippen LogP contribution is 2.32. The molecular formula is C25H29F3N4O3. The Bertz CT molecular complexity index is 1050. The van der Waals surface area contributed by atoms with Crippen molar-refractivity contribution >= 4 is 23.2 Å². The van der Waals surface area contributed by atoms with Crippen molar-refractivity contribution in [1.29, 1.82) is 0 Å². The first-order valence-electron chi connectivity index (χ1n) is 11.7. The number of rotatable bonds is 6. The van der Waals surface area contributed by atoms with Crippen LogP contribution >= 0.6 is 0 Å². The summed E-state index contributed by atoms with van der Waals surface area (Å²) in [6.45, 7) is 3.11. The number of ether oxygens (including phenoxy) is 1. The summed E-state index contributed by atoms with van der Waals surface area (Å²) in [6.07, 6.45) is -0.461. The van der Waals surface area contributed by atoms with Gasteiger partial charge in [0.05, 0.1) is 6.04 Å². The quantitative estimate of drug-likeness (QED) is 0.602.